The second-order valence-electron chi connectivity index (χ2n) is 6.12. The van der Waals surface area contributed by atoms with Crippen LogP contribution in [0.15, 0.2) is 48.5 Å². The molecule has 7 nitrogen and oxygen atoms in total. The van der Waals surface area contributed by atoms with Gasteiger partial charge in [-0.3, -0.25) is 0 Å². The van der Waals surface area contributed by atoms with Crippen molar-refractivity contribution in [3.8, 4) is 0 Å². The summed E-state index contributed by atoms with van der Waals surface area (Å²) >= 11 is 5.94. The van der Waals surface area contributed by atoms with Gasteiger partial charge in [0.25, 0.3) is 0 Å². The Hall–Kier alpha value is -2.68. The lowest BCUT2D eigenvalue weighted by atomic mass is 10.3. The van der Waals surface area contributed by atoms with Crippen molar-refractivity contribution in [2.45, 2.75) is 0 Å². The molecule has 29 heavy (non-hydrogen) atoms. The Morgan fingerprint density at radius 1 is 0.897 bits per heavy atom. The Morgan fingerprint density at radius 2 is 1.55 bits per heavy atom. The highest BCUT2D eigenvalue weighted by atomic mass is 35.5. The van der Waals surface area contributed by atoms with E-state index in [1.807, 2.05) is 17.0 Å². The maximum atomic E-state index is 14.0. The van der Waals surface area contributed by atoms with Crippen LogP contribution in [0.1, 0.15) is 0 Å². The molecule has 4 rings (SSSR count). The van der Waals surface area contributed by atoms with Crippen LogP contribution in [-0.4, -0.2) is 41.3 Å². The first-order valence-electron chi connectivity index (χ1n) is 8.80. The van der Waals surface area contributed by atoms with Crippen LogP contribution < -0.4 is 15.5 Å². The fraction of sp³-hybridized carbons (Fsp3) is 0.211. The molecule has 1 saturated heterocycles. The van der Waals surface area contributed by atoms with Crippen molar-refractivity contribution < 1.29 is 9.13 Å². The first-order valence-corrected chi connectivity index (χ1v) is 9.18. The number of para-hydroxylation sites is 1. The molecule has 0 unspecified atom stereocenters. The summed E-state index contributed by atoms with van der Waals surface area (Å²) in [4.78, 5) is 15.4. The van der Waals surface area contributed by atoms with Gasteiger partial charge in [0, 0.05) is 23.8 Å². The largest absolute Gasteiger partial charge is 0.378 e. The summed E-state index contributed by atoms with van der Waals surface area (Å²) < 4.78 is 19.4. The van der Waals surface area contributed by atoms with Crippen molar-refractivity contribution in [2.75, 3.05) is 41.8 Å². The molecule has 0 amide bonds. The van der Waals surface area contributed by atoms with Gasteiger partial charge < -0.3 is 20.3 Å². The Morgan fingerprint density at radius 3 is 2.24 bits per heavy atom. The van der Waals surface area contributed by atoms with Crippen molar-refractivity contribution >= 4 is 53.2 Å². The second kappa shape index (κ2) is 9.69. The zero-order valence-corrected chi connectivity index (χ0v) is 16.9. The number of anilines is 5. The van der Waals surface area contributed by atoms with E-state index >= 15 is 0 Å². The van der Waals surface area contributed by atoms with Crippen molar-refractivity contribution in [1.29, 1.82) is 0 Å². The zero-order valence-electron chi connectivity index (χ0n) is 15.3. The molecule has 2 heterocycles. The normalized spacial score (nSPS) is 13.5. The van der Waals surface area contributed by atoms with E-state index in [-0.39, 0.29) is 24.2 Å². The molecule has 10 heteroatoms. The standard InChI is InChI=1S/C19H18ClFN6O.ClH/c20-13-5-7-14(8-6-13)22-17-24-18(23-16-4-2-1-3-15(16)21)26-19(25-17)27-9-11-28-12-10-27;/h1-8H,9-12H2,(H2,22,23,24,25,26);1H. The number of nitrogens with one attached hydrogen (secondary N) is 2. The molecule has 2 N–H and O–H groups in total. The fourth-order valence-electron chi connectivity index (χ4n) is 2.73. The predicted octanol–water partition coefficient (Wildman–Crippen LogP) is 4.41. The number of aromatic nitrogens is 3. The Balaban J connectivity index is 0.00000240. The van der Waals surface area contributed by atoms with Crippen LogP contribution in [0.3, 0.4) is 0 Å². The van der Waals surface area contributed by atoms with Gasteiger partial charge in [-0.15, -0.1) is 12.4 Å². The van der Waals surface area contributed by atoms with E-state index in [1.165, 1.54) is 6.07 Å². The minimum atomic E-state index is -0.386. The van der Waals surface area contributed by atoms with E-state index in [1.54, 1.807) is 30.3 Å². The lowest BCUT2D eigenvalue weighted by Gasteiger charge is -2.27. The summed E-state index contributed by atoms with van der Waals surface area (Å²) in [6, 6.07) is 13.6. The molecule has 0 saturated carbocycles. The molecule has 3 aromatic rings. The molecule has 1 aliphatic rings. The van der Waals surface area contributed by atoms with Crippen molar-refractivity contribution in [2.24, 2.45) is 0 Å². The highest BCUT2D eigenvalue weighted by Crippen LogP contribution is 2.23. The molecule has 1 fully saturated rings. The smallest absolute Gasteiger partial charge is 0.233 e. The molecule has 152 valence electrons. The van der Waals surface area contributed by atoms with Crippen LogP contribution in [0.25, 0.3) is 0 Å². The van der Waals surface area contributed by atoms with E-state index in [2.05, 4.69) is 25.6 Å². The lowest BCUT2D eigenvalue weighted by Crippen LogP contribution is -2.37. The van der Waals surface area contributed by atoms with Crippen LogP contribution in [0, 0.1) is 5.82 Å². The topological polar surface area (TPSA) is 75.2 Å². The Kier molecular flexibility index (Phi) is 7.03. The van der Waals surface area contributed by atoms with Crippen molar-refractivity contribution in [1.82, 2.24) is 15.0 Å². The van der Waals surface area contributed by atoms with Crippen LogP contribution in [-0.2, 0) is 4.74 Å². The first kappa shape index (κ1) is 21.0. The molecule has 1 aromatic heterocycles. The van der Waals surface area contributed by atoms with Gasteiger partial charge in [-0.25, -0.2) is 4.39 Å². The lowest BCUT2D eigenvalue weighted by molar-refractivity contribution is 0.122. The molecule has 0 aliphatic carbocycles. The van der Waals surface area contributed by atoms with E-state index in [0.29, 0.717) is 48.9 Å². The molecular weight excluding hydrogens is 418 g/mol. The van der Waals surface area contributed by atoms with Gasteiger partial charge in [0.15, 0.2) is 0 Å². The molecule has 0 bridgehead atoms. The van der Waals surface area contributed by atoms with Crippen LogP contribution >= 0.6 is 24.0 Å². The maximum absolute atomic E-state index is 14.0. The van der Waals surface area contributed by atoms with E-state index in [9.17, 15) is 4.39 Å². The van der Waals surface area contributed by atoms with Crippen LogP contribution in [0.2, 0.25) is 5.02 Å². The van der Waals surface area contributed by atoms with Crippen molar-refractivity contribution in [3.63, 3.8) is 0 Å². The van der Waals surface area contributed by atoms with E-state index in [4.69, 9.17) is 16.3 Å². The summed E-state index contributed by atoms with van der Waals surface area (Å²) in [5.41, 5.74) is 1.07. The number of ether oxygens (including phenoxy) is 1. The molecule has 0 spiro atoms. The number of rotatable bonds is 5. The van der Waals surface area contributed by atoms with Gasteiger partial charge in [0.2, 0.25) is 17.8 Å². The van der Waals surface area contributed by atoms with Gasteiger partial charge in [-0.1, -0.05) is 23.7 Å². The summed E-state index contributed by atoms with van der Waals surface area (Å²) in [6.45, 7) is 2.54. The quantitative estimate of drug-likeness (QED) is 0.613. The molecular formula is C19H19Cl2FN6O. The first-order chi connectivity index (χ1) is 13.7. The Labute approximate surface area is 178 Å². The minimum Gasteiger partial charge on any atom is -0.378 e. The molecule has 2 aromatic carbocycles. The summed E-state index contributed by atoms with van der Waals surface area (Å²) in [6.07, 6.45) is 0. The highest BCUT2D eigenvalue weighted by molar-refractivity contribution is 6.30. The monoisotopic (exact) mass is 436 g/mol. The molecule has 1 aliphatic heterocycles. The fourth-order valence-corrected chi connectivity index (χ4v) is 2.85. The third-order valence-corrected chi connectivity index (χ3v) is 4.39. The summed E-state index contributed by atoms with van der Waals surface area (Å²) in [5.74, 6) is 0.701. The highest BCUT2D eigenvalue weighted by Gasteiger charge is 2.17. The number of halogens is 3. The number of benzene rings is 2. The average Bonchev–Trinajstić information content (AvgIpc) is 2.72. The molecule has 0 atom stereocenters. The third kappa shape index (κ3) is 5.44. The molecule has 0 radical (unpaired) electrons. The van der Waals surface area contributed by atoms with Crippen LogP contribution in [0.4, 0.5) is 33.6 Å². The number of hydrogen-bond acceptors (Lipinski definition) is 7. The van der Waals surface area contributed by atoms with Crippen LogP contribution in [0.5, 0.6) is 0 Å². The van der Waals surface area contributed by atoms with Gasteiger partial charge in [0.05, 0.1) is 18.9 Å². The van der Waals surface area contributed by atoms with Gasteiger partial charge in [0.1, 0.15) is 5.82 Å². The predicted molar refractivity (Wildman–Crippen MR) is 115 cm³/mol. The summed E-state index contributed by atoms with van der Waals surface area (Å²) in [7, 11) is 0. The van der Waals surface area contributed by atoms with Gasteiger partial charge in [-0.05, 0) is 36.4 Å². The van der Waals surface area contributed by atoms with E-state index in [0.717, 1.165) is 5.69 Å². The number of nitrogens with zero attached hydrogens (tertiary/aromatic N) is 4. The van der Waals surface area contributed by atoms with Crippen molar-refractivity contribution in [3.05, 3.63) is 59.4 Å². The number of hydrogen-bond donors (Lipinski definition) is 2. The minimum absolute atomic E-state index is 0. The zero-order chi connectivity index (χ0) is 19.3. The number of morpholine rings is 1. The second-order valence-corrected chi connectivity index (χ2v) is 6.56. The van der Waals surface area contributed by atoms with Gasteiger partial charge in [-0.2, -0.15) is 15.0 Å². The van der Waals surface area contributed by atoms with Gasteiger partial charge >= 0.3 is 0 Å². The van der Waals surface area contributed by atoms with E-state index < -0.39 is 0 Å². The average molecular weight is 437 g/mol. The SMILES string of the molecule is Cl.Fc1ccccc1Nc1nc(Nc2ccc(Cl)cc2)nc(N2CCOCC2)n1. The maximum Gasteiger partial charge on any atom is 0.233 e. The Bertz CT molecular complexity index is 954. The third-order valence-electron chi connectivity index (χ3n) is 4.14. The summed E-state index contributed by atoms with van der Waals surface area (Å²) in [5, 5.41) is 6.71.